The summed E-state index contributed by atoms with van der Waals surface area (Å²) in [6.07, 6.45) is 0.294. The van der Waals surface area contributed by atoms with Gasteiger partial charge in [-0.3, -0.25) is 4.79 Å². The number of aryl methyl sites for hydroxylation is 2. The molecule has 2 aromatic rings. The Kier molecular flexibility index (Phi) is 7.33. The number of rotatable bonds is 8. The highest BCUT2D eigenvalue weighted by molar-refractivity contribution is 7.90. The van der Waals surface area contributed by atoms with Crippen molar-refractivity contribution in [3.8, 4) is 0 Å². The van der Waals surface area contributed by atoms with Gasteiger partial charge in [-0.25, -0.2) is 13.1 Å². The van der Waals surface area contributed by atoms with E-state index in [0.717, 1.165) is 5.56 Å². The minimum Gasteiger partial charge on any atom is -0.475 e. The van der Waals surface area contributed by atoms with Crippen LogP contribution in [0.4, 0.5) is 0 Å². The summed E-state index contributed by atoms with van der Waals surface area (Å²) in [5.41, 5.74) is 1.51. The van der Waals surface area contributed by atoms with E-state index in [2.05, 4.69) is 9.70 Å². The lowest BCUT2D eigenvalue weighted by Gasteiger charge is -2.10. The lowest BCUT2D eigenvalue weighted by atomic mass is 10.0. The fraction of sp³-hybridized carbons (Fsp3) is 0.250. The molecule has 0 radical (unpaired) electrons. The molecule has 29 heavy (non-hydrogen) atoms. The van der Waals surface area contributed by atoms with E-state index in [1.54, 1.807) is 37.3 Å². The van der Waals surface area contributed by atoms with Crippen LogP contribution in [0.2, 0.25) is 0 Å². The van der Waals surface area contributed by atoms with Crippen molar-refractivity contribution in [1.29, 1.82) is 5.39 Å². The number of amides is 1. The van der Waals surface area contributed by atoms with E-state index in [4.69, 9.17) is 10.1 Å². The number of nitrogens with one attached hydrogen (secondary N) is 1. The van der Waals surface area contributed by atoms with Gasteiger partial charge in [0.2, 0.25) is 5.39 Å². The van der Waals surface area contributed by atoms with Gasteiger partial charge < -0.3 is 9.84 Å². The number of carbonyl (C=O) groups is 1. The number of aliphatic hydroxyl groups excluding tert-OH is 1. The maximum atomic E-state index is 12.6. The van der Waals surface area contributed by atoms with Crippen LogP contribution in [0.15, 0.2) is 65.1 Å². The second-order valence-electron chi connectivity index (χ2n) is 6.19. The van der Waals surface area contributed by atoms with E-state index in [1.807, 2.05) is 6.92 Å². The predicted molar refractivity (Wildman–Crippen MR) is 107 cm³/mol. The lowest BCUT2D eigenvalue weighted by Crippen LogP contribution is -2.31. The predicted octanol–water partition coefficient (Wildman–Crippen LogP) is 3.66. The van der Waals surface area contributed by atoms with Crippen molar-refractivity contribution in [3.63, 3.8) is 0 Å². The Labute approximate surface area is 169 Å². The zero-order valence-corrected chi connectivity index (χ0v) is 16.9. The van der Waals surface area contributed by atoms with E-state index < -0.39 is 21.9 Å². The first-order valence-electron chi connectivity index (χ1n) is 8.90. The van der Waals surface area contributed by atoms with Crippen LogP contribution in [0, 0.1) is 12.3 Å². The Bertz CT molecular complexity index is 1050. The molecular weight excluding hydrogens is 394 g/mol. The van der Waals surface area contributed by atoms with E-state index in [1.165, 1.54) is 18.2 Å². The van der Waals surface area contributed by atoms with Crippen LogP contribution in [-0.2, 0) is 21.2 Å². The van der Waals surface area contributed by atoms with Gasteiger partial charge in [-0.15, -0.1) is 0 Å². The Morgan fingerprint density at radius 1 is 1.17 bits per heavy atom. The first-order valence-corrected chi connectivity index (χ1v) is 10.4. The Morgan fingerprint density at radius 2 is 1.83 bits per heavy atom. The highest BCUT2D eigenvalue weighted by atomic mass is 32.2. The molecule has 0 spiro atoms. The van der Waals surface area contributed by atoms with E-state index in [-0.39, 0.29) is 35.6 Å². The van der Waals surface area contributed by atoms with Crippen LogP contribution >= 0.6 is 0 Å². The maximum Gasteiger partial charge on any atom is 0.440 e. The molecule has 0 fully saturated rings. The van der Waals surface area contributed by atoms with Crippen molar-refractivity contribution in [2.75, 3.05) is 6.61 Å². The number of nitrogens with zero attached hydrogens (tertiary/aromatic N) is 2. The second kappa shape index (κ2) is 9.71. The van der Waals surface area contributed by atoms with Crippen LogP contribution in [0.5, 0.6) is 0 Å². The highest BCUT2D eigenvalue weighted by Crippen LogP contribution is 2.18. The molecule has 2 aromatic carbocycles. The average Bonchev–Trinajstić information content (AvgIpc) is 2.69. The molecule has 0 unspecified atom stereocenters. The Morgan fingerprint density at radius 3 is 2.45 bits per heavy atom. The molecule has 0 aliphatic carbocycles. The Hall–Kier alpha value is -3.38. The number of benzene rings is 2. The van der Waals surface area contributed by atoms with E-state index >= 15 is 0 Å². The number of diazo groups is 1. The molecule has 152 valence electrons. The molecule has 0 aliphatic heterocycles. The smallest absolute Gasteiger partial charge is 0.440 e. The van der Waals surface area contributed by atoms with Crippen molar-refractivity contribution in [1.82, 2.24) is 4.72 Å². The minimum atomic E-state index is -4.03. The molecule has 2 N–H and O–H groups in total. The van der Waals surface area contributed by atoms with Crippen molar-refractivity contribution >= 4 is 15.9 Å². The zero-order chi connectivity index (χ0) is 21.4. The van der Waals surface area contributed by atoms with E-state index in [0.29, 0.717) is 5.56 Å². The molecule has 0 atom stereocenters. The monoisotopic (exact) mass is 416 g/mol. The second-order valence-corrected chi connectivity index (χ2v) is 7.87. The molecule has 0 aliphatic rings. The number of ether oxygens (including phenoxy) is 1. The zero-order valence-electron chi connectivity index (χ0n) is 16.1. The van der Waals surface area contributed by atoms with Gasteiger partial charge in [-0.1, -0.05) is 35.9 Å². The summed E-state index contributed by atoms with van der Waals surface area (Å²) in [6.45, 7) is 3.69. The van der Waals surface area contributed by atoms with Crippen LogP contribution in [0.3, 0.4) is 0 Å². The minimum absolute atomic E-state index is 0.0140. The third-order valence-corrected chi connectivity index (χ3v) is 5.45. The van der Waals surface area contributed by atoms with Gasteiger partial charge >= 0.3 is 11.6 Å². The van der Waals surface area contributed by atoms with Gasteiger partial charge in [0.15, 0.2) is 4.98 Å². The van der Waals surface area contributed by atoms with Crippen molar-refractivity contribution in [3.05, 3.63) is 81.8 Å². The fourth-order valence-electron chi connectivity index (χ4n) is 2.59. The molecule has 2 rings (SSSR count). The van der Waals surface area contributed by atoms with Crippen LogP contribution in [-0.4, -0.2) is 26.0 Å². The van der Waals surface area contributed by atoms with Gasteiger partial charge in [-0.2, -0.15) is 0 Å². The van der Waals surface area contributed by atoms with Gasteiger partial charge in [0.25, 0.3) is 15.9 Å². The molecule has 0 heterocycles. The van der Waals surface area contributed by atoms with Gasteiger partial charge in [0, 0.05) is 5.56 Å². The summed E-state index contributed by atoms with van der Waals surface area (Å²) >= 11 is 0. The van der Waals surface area contributed by atoms with E-state index in [9.17, 15) is 18.3 Å². The average molecular weight is 416 g/mol. The number of hydrogen-bond acceptors (Lipinski definition) is 6. The Balaban J connectivity index is 2.21. The first kappa shape index (κ1) is 21.9. The number of carbonyl (C=O) groups excluding carboxylic acids is 1. The van der Waals surface area contributed by atoms with Gasteiger partial charge in [0.05, 0.1) is 17.9 Å². The van der Waals surface area contributed by atoms with Crippen molar-refractivity contribution in [2.45, 2.75) is 31.6 Å². The molecule has 9 heteroatoms. The number of sulfonamides is 1. The highest BCUT2D eigenvalue weighted by Gasteiger charge is 2.23. The summed E-state index contributed by atoms with van der Waals surface area (Å²) in [5.74, 6) is -1.28. The molecule has 0 saturated carbocycles. The summed E-state index contributed by atoms with van der Waals surface area (Å²) in [7, 11) is -4.03. The SMILES string of the molecule is CCO/C(O)=C(\CCc1ccccc1C(=O)NS(=O)(=O)c1ccc(C)cc1)[N+]#N. The van der Waals surface area contributed by atoms with Crippen LogP contribution in [0.1, 0.15) is 34.8 Å². The quantitative estimate of drug-likeness (QED) is 0.500. The maximum absolute atomic E-state index is 12.6. The third-order valence-electron chi connectivity index (χ3n) is 4.10. The largest absolute Gasteiger partial charge is 0.475 e. The fourth-order valence-corrected chi connectivity index (χ4v) is 3.55. The summed E-state index contributed by atoms with van der Waals surface area (Å²) in [6, 6.07) is 12.6. The number of allylic oxidation sites excluding steroid dienone is 1. The third kappa shape index (κ3) is 5.80. The summed E-state index contributed by atoms with van der Waals surface area (Å²) in [5, 5.41) is 18.8. The van der Waals surface area contributed by atoms with Crippen molar-refractivity contribution < 1.29 is 23.1 Å². The van der Waals surface area contributed by atoms with Gasteiger partial charge in [-0.05, 0) is 44.0 Å². The number of hydrogen-bond donors (Lipinski definition) is 2. The molecule has 8 nitrogen and oxygen atoms in total. The normalized spacial score (nSPS) is 11.9. The molecule has 0 saturated heterocycles. The first-order chi connectivity index (χ1) is 13.8. The summed E-state index contributed by atoms with van der Waals surface area (Å²) < 4.78 is 31.9. The molecule has 0 bridgehead atoms. The van der Waals surface area contributed by atoms with Crippen LogP contribution in [0.25, 0.3) is 4.98 Å². The molecule has 1 amide bonds. The van der Waals surface area contributed by atoms with Crippen molar-refractivity contribution in [2.24, 2.45) is 0 Å². The number of aliphatic hydroxyl groups is 1. The topological polar surface area (TPSA) is 121 Å². The molecular formula is C20H22N3O5S+. The summed E-state index contributed by atoms with van der Waals surface area (Å²) in [4.78, 5) is 15.6. The van der Waals surface area contributed by atoms with Gasteiger partial charge in [0.1, 0.15) is 0 Å². The standard InChI is InChI=1S/C20H21N3O5S/c1-3-28-20(25)18(22-21)13-10-15-6-4-5-7-17(15)19(24)23-29(26,27)16-11-8-14(2)9-12-16/h4-9,11-12H,3,10,13H2,1-2H3,(H-,23,24,25)/p+1/b20-18+. The lowest BCUT2D eigenvalue weighted by molar-refractivity contribution is 0.0976. The molecule has 0 aromatic heterocycles. The van der Waals surface area contributed by atoms with Crippen LogP contribution < -0.4 is 4.72 Å².